The van der Waals surface area contributed by atoms with Crippen molar-refractivity contribution >= 4 is 73.3 Å². The second kappa shape index (κ2) is 7.60. The minimum absolute atomic E-state index is 0. The number of rotatable bonds is 3. The molecule has 7 nitrogen and oxygen atoms in total. The van der Waals surface area contributed by atoms with Gasteiger partial charge < -0.3 is 10.2 Å². The molecule has 5 rings (SSSR count). The molecule has 9 heteroatoms. The van der Waals surface area contributed by atoms with Crippen molar-refractivity contribution in [1.29, 1.82) is 0 Å². The fourth-order valence-electron chi connectivity index (χ4n) is 5.45. The van der Waals surface area contributed by atoms with Gasteiger partial charge in [-0.3, -0.25) is 0 Å². The van der Waals surface area contributed by atoms with E-state index in [-0.39, 0.29) is 56.9 Å². The maximum Gasteiger partial charge on any atom is 0.333 e. The van der Waals surface area contributed by atoms with Gasteiger partial charge in [0.15, 0.2) is 0 Å². The summed E-state index contributed by atoms with van der Waals surface area (Å²) in [6, 6.07) is 1.65. The molecule has 2 amide bonds. The van der Waals surface area contributed by atoms with Gasteiger partial charge in [-0.15, -0.1) is 0 Å². The second-order valence-corrected chi connectivity index (χ2v) is 10.1. The minimum Gasteiger partial charge on any atom is -0.307 e. The molecule has 2 saturated heterocycles. The summed E-state index contributed by atoms with van der Waals surface area (Å²) in [5.41, 5.74) is 5.58. The number of carbonyl (C=O) groups excluding carboxylic acids is 1. The van der Waals surface area contributed by atoms with Crippen LogP contribution in [0, 0.1) is 0 Å². The molecular formula is C19H26KN4O3S. The minimum atomic E-state index is -3.82. The van der Waals surface area contributed by atoms with E-state index in [0.717, 1.165) is 63.7 Å². The van der Waals surface area contributed by atoms with Crippen LogP contribution in [0.1, 0.15) is 41.5 Å². The molecule has 2 fully saturated rings. The van der Waals surface area contributed by atoms with Crippen molar-refractivity contribution in [2.45, 2.75) is 50.5 Å². The quantitative estimate of drug-likeness (QED) is 0.704. The summed E-state index contributed by atoms with van der Waals surface area (Å²) in [5, 5.41) is 2.91. The van der Waals surface area contributed by atoms with Crippen LogP contribution in [0.25, 0.3) is 0 Å². The van der Waals surface area contributed by atoms with E-state index in [1.54, 1.807) is 0 Å². The zero-order chi connectivity index (χ0) is 18.8. The van der Waals surface area contributed by atoms with E-state index in [0.29, 0.717) is 6.54 Å². The number of aryl methyl sites for hydroxylation is 2. The Labute approximate surface area is 209 Å². The molecule has 1 spiro atoms. The number of hydrogen-bond acceptors (Lipinski definition) is 4. The Kier molecular flexibility index (Phi) is 5.76. The number of hydrogen-bond donors (Lipinski definition) is 2. The van der Waals surface area contributed by atoms with Gasteiger partial charge in [-0.25, -0.2) is 9.52 Å². The topological polar surface area (TPSA) is 81.8 Å². The number of carbonyl (C=O) groups is 1. The molecule has 1 radical (unpaired) electrons. The summed E-state index contributed by atoms with van der Waals surface area (Å²) < 4.78 is 29.2. The van der Waals surface area contributed by atoms with Gasteiger partial charge in [0.2, 0.25) is 0 Å². The summed E-state index contributed by atoms with van der Waals surface area (Å²) in [4.78, 5) is 14.7. The van der Waals surface area contributed by atoms with E-state index in [1.165, 1.54) is 26.6 Å². The van der Waals surface area contributed by atoms with E-state index in [4.69, 9.17) is 0 Å². The van der Waals surface area contributed by atoms with Gasteiger partial charge in [-0.2, -0.15) is 12.7 Å². The van der Waals surface area contributed by atoms with E-state index >= 15 is 0 Å². The zero-order valence-electron chi connectivity index (χ0n) is 16.7. The number of urea groups is 1. The predicted molar refractivity (Wildman–Crippen MR) is 109 cm³/mol. The molecule has 4 aliphatic rings. The van der Waals surface area contributed by atoms with Gasteiger partial charge in [0.05, 0.1) is 5.54 Å². The number of fused-ring (bicyclic) bond motifs is 2. The van der Waals surface area contributed by atoms with Crippen molar-refractivity contribution in [3.05, 3.63) is 28.3 Å². The van der Waals surface area contributed by atoms with Gasteiger partial charge in [-0.05, 0) is 74.2 Å². The normalized spacial score (nSPS) is 22.6. The average Bonchev–Trinajstić information content (AvgIpc) is 3.17. The largest absolute Gasteiger partial charge is 0.333 e. The average molecular weight is 430 g/mol. The summed E-state index contributed by atoms with van der Waals surface area (Å²) in [6.45, 7) is 1.94. The van der Waals surface area contributed by atoms with Crippen LogP contribution in [0.5, 0.6) is 0 Å². The number of anilines is 1. The van der Waals surface area contributed by atoms with Gasteiger partial charge in [0.25, 0.3) is 0 Å². The van der Waals surface area contributed by atoms with Crippen molar-refractivity contribution in [3.8, 4) is 0 Å². The molecule has 2 heterocycles. The van der Waals surface area contributed by atoms with Crippen LogP contribution in [0.4, 0.5) is 10.5 Å². The molecule has 0 unspecified atom stereocenters. The van der Waals surface area contributed by atoms with Crippen molar-refractivity contribution in [1.82, 2.24) is 13.9 Å². The van der Waals surface area contributed by atoms with E-state index in [2.05, 4.69) is 21.0 Å². The Morgan fingerprint density at radius 2 is 1.68 bits per heavy atom. The molecule has 0 atom stereocenters. The maximum absolute atomic E-state index is 12.7. The first-order chi connectivity index (χ1) is 12.9. The fraction of sp³-hybridized carbons (Fsp3) is 0.632. The van der Waals surface area contributed by atoms with Gasteiger partial charge in [-0.1, -0.05) is 6.07 Å². The van der Waals surface area contributed by atoms with Crippen molar-refractivity contribution in [3.63, 3.8) is 0 Å². The molecule has 2 aliphatic heterocycles. The van der Waals surface area contributed by atoms with Crippen LogP contribution in [0.2, 0.25) is 0 Å². The van der Waals surface area contributed by atoms with E-state index in [1.807, 2.05) is 7.05 Å². The Hall–Kier alpha value is -0.00364. The SMILES string of the molecule is CN1CC2(CCN2S(=O)(=O)NC(=O)Nc2c3c(cc4c2CCC4)CCC3)C1.[K]. The van der Waals surface area contributed by atoms with Crippen LogP contribution in [-0.2, 0) is 35.9 Å². The van der Waals surface area contributed by atoms with Crippen molar-refractivity contribution in [2.75, 3.05) is 32.0 Å². The number of likely N-dealkylation sites (N-methyl/N-ethyl adjacent to an activating group) is 1. The van der Waals surface area contributed by atoms with Crippen LogP contribution in [-0.4, -0.2) is 107 Å². The predicted octanol–water partition coefficient (Wildman–Crippen LogP) is 1.04. The summed E-state index contributed by atoms with van der Waals surface area (Å²) in [7, 11) is -1.84. The smallest absolute Gasteiger partial charge is 0.307 e. The second-order valence-electron chi connectivity index (χ2n) is 8.51. The molecule has 0 bridgehead atoms. The number of benzene rings is 1. The molecule has 147 valence electrons. The Balaban J connectivity index is 0.00000192. The molecule has 0 saturated carbocycles. The summed E-state index contributed by atoms with van der Waals surface area (Å²) in [6.07, 6.45) is 7.04. The first kappa shape index (κ1) is 21.2. The third kappa shape index (κ3) is 3.41. The molecule has 1 aromatic rings. The number of likely N-dealkylation sites (tertiary alicyclic amines) is 1. The molecule has 2 aliphatic carbocycles. The summed E-state index contributed by atoms with van der Waals surface area (Å²) >= 11 is 0. The Morgan fingerprint density at radius 1 is 1.07 bits per heavy atom. The van der Waals surface area contributed by atoms with Gasteiger partial charge in [0, 0.05) is 76.7 Å². The van der Waals surface area contributed by atoms with Crippen molar-refractivity contribution in [2.24, 2.45) is 0 Å². The molecule has 2 N–H and O–H groups in total. The van der Waals surface area contributed by atoms with Crippen molar-refractivity contribution < 1.29 is 13.2 Å². The third-order valence-corrected chi connectivity index (χ3v) is 8.25. The van der Waals surface area contributed by atoms with Crippen LogP contribution < -0.4 is 10.0 Å². The molecule has 1 aromatic carbocycles. The summed E-state index contributed by atoms with van der Waals surface area (Å²) in [5.74, 6) is 0. The number of amides is 2. The molecule has 28 heavy (non-hydrogen) atoms. The van der Waals surface area contributed by atoms with Gasteiger partial charge >= 0.3 is 16.2 Å². The standard InChI is InChI=1S/C19H26N4O3S.K/c1-22-11-19(12-22)8-9-23(19)27(25,26)21-18(24)20-17-15-6-2-4-13(15)10-14-5-3-7-16(14)17;/h10H,2-9,11-12H2,1H3,(H2,20,21,24);. The first-order valence-corrected chi connectivity index (χ1v) is 11.3. The molecular weight excluding hydrogens is 403 g/mol. The third-order valence-electron chi connectivity index (χ3n) is 6.66. The van der Waals surface area contributed by atoms with Crippen LogP contribution in [0.3, 0.4) is 0 Å². The fourth-order valence-corrected chi connectivity index (χ4v) is 6.89. The van der Waals surface area contributed by atoms with E-state index in [9.17, 15) is 13.2 Å². The Bertz CT molecular complexity index is 895. The molecule has 0 aromatic heterocycles. The zero-order valence-corrected chi connectivity index (χ0v) is 20.6. The number of nitrogens with one attached hydrogen (secondary N) is 2. The number of nitrogens with zero attached hydrogens (tertiary/aromatic N) is 2. The van der Waals surface area contributed by atoms with Crippen LogP contribution in [0.15, 0.2) is 6.07 Å². The van der Waals surface area contributed by atoms with E-state index < -0.39 is 16.2 Å². The first-order valence-electron chi connectivity index (χ1n) is 9.85. The maximum atomic E-state index is 12.7. The van der Waals surface area contributed by atoms with Crippen LogP contribution >= 0.6 is 0 Å². The van der Waals surface area contributed by atoms with Gasteiger partial charge in [0.1, 0.15) is 0 Å². The monoisotopic (exact) mass is 429 g/mol. The Morgan fingerprint density at radius 3 is 2.18 bits per heavy atom.